The van der Waals surface area contributed by atoms with Crippen molar-refractivity contribution >= 4 is 17.2 Å². The van der Waals surface area contributed by atoms with Crippen molar-refractivity contribution in [3.05, 3.63) is 108 Å². The molecule has 34 heavy (non-hydrogen) atoms. The molecule has 0 saturated heterocycles. The smallest absolute Gasteiger partial charge is 0.222 e. The summed E-state index contributed by atoms with van der Waals surface area (Å²) in [5.74, 6) is 0.0945. The number of amides is 1. The number of rotatable bonds is 8. The fraction of sp³-hybridized carbons (Fsp3) is 0.148. The molecule has 0 aliphatic heterocycles. The third kappa shape index (κ3) is 4.84. The number of aromatic nitrogens is 4. The first kappa shape index (κ1) is 21.9. The number of para-hydroxylation sites is 2. The Morgan fingerprint density at radius 1 is 0.912 bits per heavy atom. The van der Waals surface area contributed by atoms with Gasteiger partial charge in [-0.05, 0) is 47.7 Å². The van der Waals surface area contributed by atoms with Gasteiger partial charge in [0.25, 0.3) is 0 Å². The summed E-state index contributed by atoms with van der Waals surface area (Å²) in [4.78, 5) is 15.8. The molecule has 0 fully saturated rings. The molecule has 3 heterocycles. The molecule has 0 saturated carbocycles. The second-order valence-electron chi connectivity index (χ2n) is 8.14. The fourth-order valence-electron chi connectivity index (χ4n) is 3.86. The Morgan fingerprint density at radius 2 is 1.62 bits per heavy atom. The molecule has 2 aromatic carbocycles. The summed E-state index contributed by atoms with van der Waals surface area (Å²) in [7, 11) is 1.85. The number of aryl methyl sites for hydroxylation is 1. The van der Waals surface area contributed by atoms with Gasteiger partial charge in [-0.15, -0.1) is 11.3 Å². The van der Waals surface area contributed by atoms with E-state index in [0.717, 1.165) is 33.1 Å². The van der Waals surface area contributed by atoms with Gasteiger partial charge in [0.2, 0.25) is 5.91 Å². The lowest BCUT2D eigenvalue weighted by atomic mass is 10.1. The van der Waals surface area contributed by atoms with Gasteiger partial charge in [0.15, 0.2) is 0 Å². The van der Waals surface area contributed by atoms with Crippen LogP contribution in [0.2, 0.25) is 0 Å². The van der Waals surface area contributed by atoms with E-state index in [1.54, 1.807) is 16.2 Å². The molecule has 3 aromatic heterocycles. The number of carbonyl (C=O) groups excluding carboxylic acids is 1. The van der Waals surface area contributed by atoms with Crippen molar-refractivity contribution < 1.29 is 4.79 Å². The summed E-state index contributed by atoms with van der Waals surface area (Å²) in [5, 5.41) is 11.3. The second kappa shape index (κ2) is 9.89. The topological polar surface area (TPSA) is 56.0 Å². The summed E-state index contributed by atoms with van der Waals surface area (Å²) in [6.07, 6.45) is 6.92. The van der Waals surface area contributed by atoms with Crippen molar-refractivity contribution in [1.29, 1.82) is 0 Å². The van der Waals surface area contributed by atoms with Crippen LogP contribution in [0.3, 0.4) is 0 Å². The highest BCUT2D eigenvalue weighted by atomic mass is 32.1. The van der Waals surface area contributed by atoms with Crippen LogP contribution in [0.25, 0.3) is 21.9 Å². The Labute approximate surface area is 202 Å². The summed E-state index contributed by atoms with van der Waals surface area (Å²) < 4.78 is 3.73. The molecule has 5 aromatic rings. The van der Waals surface area contributed by atoms with Gasteiger partial charge in [-0.3, -0.25) is 4.79 Å². The van der Waals surface area contributed by atoms with Gasteiger partial charge in [0.1, 0.15) is 5.69 Å². The van der Waals surface area contributed by atoms with Crippen LogP contribution in [0.1, 0.15) is 17.5 Å². The van der Waals surface area contributed by atoms with E-state index in [2.05, 4.69) is 11.2 Å². The molecule has 0 N–H and O–H groups in total. The lowest BCUT2D eigenvalue weighted by Gasteiger charge is -2.16. The number of thiophene rings is 1. The number of hydrogen-bond donors (Lipinski definition) is 0. The summed E-state index contributed by atoms with van der Waals surface area (Å²) in [5.41, 5.74) is 4.99. The van der Waals surface area contributed by atoms with Crippen molar-refractivity contribution in [3.8, 4) is 21.9 Å². The Kier molecular flexibility index (Phi) is 6.35. The maximum atomic E-state index is 12.9. The predicted molar refractivity (Wildman–Crippen MR) is 135 cm³/mol. The monoisotopic (exact) mass is 467 g/mol. The highest BCUT2D eigenvalue weighted by Gasteiger charge is 2.17. The molecule has 0 radical (unpaired) electrons. The maximum absolute atomic E-state index is 12.9. The van der Waals surface area contributed by atoms with E-state index < -0.39 is 0 Å². The number of benzene rings is 2. The van der Waals surface area contributed by atoms with E-state index in [1.807, 2.05) is 107 Å². The third-order valence-corrected chi connectivity index (χ3v) is 6.56. The minimum atomic E-state index is 0.0945. The van der Waals surface area contributed by atoms with E-state index in [-0.39, 0.29) is 5.91 Å². The molecule has 0 unspecified atom stereocenters. The molecule has 6 nitrogen and oxygen atoms in total. The molecule has 0 aliphatic rings. The first-order valence-electron chi connectivity index (χ1n) is 11.2. The molecule has 7 heteroatoms. The summed E-state index contributed by atoms with van der Waals surface area (Å²) in [6, 6.07) is 24.1. The van der Waals surface area contributed by atoms with Crippen molar-refractivity contribution in [2.24, 2.45) is 0 Å². The zero-order valence-electron chi connectivity index (χ0n) is 18.9. The minimum absolute atomic E-state index is 0.0945. The first-order chi connectivity index (χ1) is 16.7. The van der Waals surface area contributed by atoms with E-state index in [4.69, 9.17) is 5.10 Å². The van der Waals surface area contributed by atoms with Crippen LogP contribution in [0.4, 0.5) is 0 Å². The van der Waals surface area contributed by atoms with Crippen LogP contribution in [0.5, 0.6) is 0 Å². The van der Waals surface area contributed by atoms with Gasteiger partial charge < -0.3 is 4.90 Å². The molecular weight excluding hydrogens is 442 g/mol. The predicted octanol–water partition coefficient (Wildman–Crippen LogP) is 5.38. The number of carbonyl (C=O) groups is 1. The van der Waals surface area contributed by atoms with Gasteiger partial charge >= 0.3 is 0 Å². The van der Waals surface area contributed by atoms with E-state index >= 15 is 0 Å². The normalized spacial score (nSPS) is 11.0. The van der Waals surface area contributed by atoms with Crippen LogP contribution in [0.15, 0.2) is 96.8 Å². The summed E-state index contributed by atoms with van der Waals surface area (Å²) >= 11 is 1.65. The number of hydrogen-bond acceptors (Lipinski definition) is 4. The van der Waals surface area contributed by atoms with Crippen molar-refractivity contribution in [2.75, 3.05) is 7.05 Å². The van der Waals surface area contributed by atoms with Crippen molar-refractivity contribution in [2.45, 2.75) is 19.4 Å². The standard InChI is InChI=1S/C27H25N5OS/c1-30(26(33)15-14-21-17-28-31(18-21)23-9-4-2-5-10-23)19-22-20-32(24-11-6-3-7-12-24)29-27(22)25-13-8-16-34-25/h2-13,16-18,20H,14-15,19H2,1H3. The van der Waals surface area contributed by atoms with Crippen LogP contribution in [-0.4, -0.2) is 37.4 Å². The van der Waals surface area contributed by atoms with Gasteiger partial charge in [0, 0.05) is 38.0 Å². The van der Waals surface area contributed by atoms with Crippen LogP contribution in [-0.2, 0) is 17.8 Å². The third-order valence-electron chi connectivity index (χ3n) is 5.68. The Hall–Kier alpha value is -3.97. The average molecular weight is 468 g/mol. The van der Waals surface area contributed by atoms with Gasteiger partial charge in [0.05, 0.1) is 22.4 Å². The highest BCUT2D eigenvalue weighted by Crippen LogP contribution is 2.28. The van der Waals surface area contributed by atoms with E-state index in [0.29, 0.717) is 19.4 Å². The molecule has 0 aliphatic carbocycles. The van der Waals surface area contributed by atoms with E-state index in [1.165, 1.54) is 0 Å². The molecule has 170 valence electrons. The number of nitrogens with zero attached hydrogens (tertiary/aromatic N) is 5. The van der Waals surface area contributed by atoms with Gasteiger partial charge in [-0.2, -0.15) is 10.2 Å². The van der Waals surface area contributed by atoms with Crippen LogP contribution < -0.4 is 0 Å². The molecule has 5 rings (SSSR count). The lowest BCUT2D eigenvalue weighted by Crippen LogP contribution is -2.26. The van der Waals surface area contributed by atoms with Crippen LogP contribution >= 0.6 is 11.3 Å². The summed E-state index contributed by atoms with van der Waals surface area (Å²) in [6.45, 7) is 0.502. The van der Waals surface area contributed by atoms with Gasteiger partial charge in [-0.1, -0.05) is 42.5 Å². The highest BCUT2D eigenvalue weighted by molar-refractivity contribution is 7.13. The largest absolute Gasteiger partial charge is 0.341 e. The lowest BCUT2D eigenvalue weighted by molar-refractivity contribution is -0.130. The Morgan fingerprint density at radius 3 is 2.29 bits per heavy atom. The van der Waals surface area contributed by atoms with Crippen LogP contribution in [0, 0.1) is 0 Å². The second-order valence-corrected chi connectivity index (χ2v) is 9.09. The minimum Gasteiger partial charge on any atom is -0.341 e. The quantitative estimate of drug-likeness (QED) is 0.308. The zero-order valence-corrected chi connectivity index (χ0v) is 19.7. The van der Waals surface area contributed by atoms with E-state index in [9.17, 15) is 4.79 Å². The first-order valence-corrected chi connectivity index (χ1v) is 12.1. The molecule has 0 bridgehead atoms. The zero-order chi connectivity index (χ0) is 23.3. The molecule has 0 spiro atoms. The molecular formula is C27H25N5OS. The SMILES string of the molecule is CN(Cc1cn(-c2ccccc2)nc1-c1cccs1)C(=O)CCc1cnn(-c2ccccc2)c1. The fourth-order valence-corrected chi connectivity index (χ4v) is 4.60. The molecule has 1 amide bonds. The molecule has 0 atom stereocenters. The Bertz CT molecular complexity index is 1360. The Balaban J connectivity index is 1.27. The van der Waals surface area contributed by atoms with Crippen molar-refractivity contribution in [1.82, 2.24) is 24.5 Å². The van der Waals surface area contributed by atoms with Crippen molar-refractivity contribution in [3.63, 3.8) is 0 Å². The average Bonchev–Trinajstić information content (AvgIpc) is 3.64. The maximum Gasteiger partial charge on any atom is 0.222 e. The van der Waals surface area contributed by atoms with Gasteiger partial charge in [-0.25, -0.2) is 9.36 Å².